The third-order valence-corrected chi connectivity index (χ3v) is 4.13. The highest BCUT2D eigenvalue weighted by molar-refractivity contribution is 5.85. The maximum absolute atomic E-state index is 12.4. The van der Waals surface area contributed by atoms with Gasteiger partial charge in [0.25, 0.3) is 0 Å². The molecule has 2 fully saturated rings. The van der Waals surface area contributed by atoms with Crippen LogP contribution in [0.4, 0.5) is 4.79 Å². The molecule has 3 N–H and O–H groups in total. The van der Waals surface area contributed by atoms with E-state index in [0.29, 0.717) is 26.1 Å². The lowest BCUT2D eigenvalue weighted by Gasteiger charge is -2.23. The summed E-state index contributed by atoms with van der Waals surface area (Å²) in [6, 6.07) is -1.16. The average Bonchev–Trinajstić information content (AvgIpc) is 3.16. The van der Waals surface area contributed by atoms with E-state index in [1.807, 2.05) is 13.8 Å². The molecule has 0 aliphatic carbocycles. The van der Waals surface area contributed by atoms with E-state index in [0.717, 1.165) is 12.8 Å². The predicted octanol–water partition coefficient (Wildman–Crippen LogP) is 0.530. The summed E-state index contributed by atoms with van der Waals surface area (Å²) in [7, 11) is 0. The molecule has 8 heteroatoms. The molecule has 0 aromatic carbocycles. The number of nitrogens with one attached hydrogen (secondary N) is 2. The molecule has 0 aromatic heterocycles. The number of carbonyl (C=O) groups is 2. The lowest BCUT2D eigenvalue weighted by Crippen LogP contribution is -2.52. The van der Waals surface area contributed by atoms with E-state index in [-0.39, 0.29) is 24.5 Å². The number of rotatable bonds is 7. The minimum Gasteiger partial charge on any atom is -0.447 e. The molecule has 4 atom stereocenters. The van der Waals surface area contributed by atoms with Crippen LogP contribution in [0, 0.1) is 5.92 Å². The molecule has 2 aliphatic rings. The van der Waals surface area contributed by atoms with Gasteiger partial charge in [0.1, 0.15) is 12.6 Å². The molecule has 2 amide bonds. The number of amides is 2. The topological polar surface area (TPSA) is 106 Å². The van der Waals surface area contributed by atoms with Crippen LogP contribution >= 0.6 is 0 Å². The highest BCUT2D eigenvalue weighted by Crippen LogP contribution is 2.14. The van der Waals surface area contributed by atoms with E-state index < -0.39 is 24.5 Å². The molecular weight excluding hydrogens is 316 g/mol. The number of alkyl carbamates (subject to hydrolysis) is 1. The Hall–Kier alpha value is -1.38. The van der Waals surface area contributed by atoms with Gasteiger partial charge in [-0.3, -0.25) is 4.79 Å². The SMILES string of the molecule is CC(C)CC(NC(=O)OCC1CCCO1)C(=O)NC1CCOC1O. The van der Waals surface area contributed by atoms with Crippen molar-refractivity contribution < 1.29 is 28.9 Å². The fourth-order valence-electron chi connectivity index (χ4n) is 2.83. The monoisotopic (exact) mass is 344 g/mol. The van der Waals surface area contributed by atoms with Gasteiger partial charge in [-0.2, -0.15) is 0 Å². The molecular formula is C16H28N2O6. The van der Waals surface area contributed by atoms with Crippen molar-refractivity contribution in [3.05, 3.63) is 0 Å². The first-order chi connectivity index (χ1) is 11.5. The Balaban J connectivity index is 1.81. The first-order valence-electron chi connectivity index (χ1n) is 8.60. The number of aliphatic hydroxyl groups excluding tert-OH is 1. The second kappa shape index (κ2) is 9.19. The van der Waals surface area contributed by atoms with Crippen LogP contribution in [-0.4, -0.2) is 61.4 Å². The van der Waals surface area contributed by atoms with Gasteiger partial charge in [-0.15, -0.1) is 0 Å². The van der Waals surface area contributed by atoms with Gasteiger partial charge in [0.05, 0.1) is 18.8 Å². The molecule has 0 aromatic rings. The van der Waals surface area contributed by atoms with Crippen LogP contribution in [-0.2, 0) is 19.0 Å². The van der Waals surface area contributed by atoms with Crippen molar-refractivity contribution in [3.8, 4) is 0 Å². The van der Waals surface area contributed by atoms with Gasteiger partial charge in [-0.05, 0) is 31.6 Å². The lowest BCUT2D eigenvalue weighted by molar-refractivity contribution is -0.127. The summed E-state index contributed by atoms with van der Waals surface area (Å²) >= 11 is 0. The molecule has 0 radical (unpaired) electrons. The van der Waals surface area contributed by atoms with Gasteiger partial charge in [-0.25, -0.2) is 4.79 Å². The summed E-state index contributed by atoms with van der Waals surface area (Å²) in [4.78, 5) is 24.4. The normalized spacial score (nSPS) is 27.9. The van der Waals surface area contributed by atoms with E-state index in [4.69, 9.17) is 14.2 Å². The molecule has 8 nitrogen and oxygen atoms in total. The van der Waals surface area contributed by atoms with Gasteiger partial charge in [0.2, 0.25) is 5.91 Å². The summed E-state index contributed by atoms with van der Waals surface area (Å²) in [5.74, 6) is -0.128. The second-order valence-electron chi connectivity index (χ2n) is 6.73. The van der Waals surface area contributed by atoms with Crippen molar-refractivity contribution in [2.45, 2.75) is 64.0 Å². The summed E-state index contributed by atoms with van der Waals surface area (Å²) in [5, 5.41) is 15.0. The van der Waals surface area contributed by atoms with Crippen molar-refractivity contribution in [2.75, 3.05) is 19.8 Å². The molecule has 24 heavy (non-hydrogen) atoms. The van der Waals surface area contributed by atoms with Crippen LogP contribution in [0.15, 0.2) is 0 Å². The van der Waals surface area contributed by atoms with E-state index in [1.54, 1.807) is 0 Å². The number of hydrogen-bond acceptors (Lipinski definition) is 6. The molecule has 2 rings (SSSR count). The fourth-order valence-corrected chi connectivity index (χ4v) is 2.83. The summed E-state index contributed by atoms with van der Waals surface area (Å²) in [5.41, 5.74) is 0. The van der Waals surface area contributed by atoms with Crippen LogP contribution in [0.2, 0.25) is 0 Å². The van der Waals surface area contributed by atoms with E-state index in [1.165, 1.54) is 0 Å². The van der Waals surface area contributed by atoms with Gasteiger partial charge < -0.3 is 30.0 Å². The molecule has 4 unspecified atom stereocenters. The number of aliphatic hydroxyl groups is 1. The van der Waals surface area contributed by atoms with E-state index in [9.17, 15) is 14.7 Å². The third-order valence-electron chi connectivity index (χ3n) is 4.13. The highest BCUT2D eigenvalue weighted by Gasteiger charge is 2.31. The van der Waals surface area contributed by atoms with Gasteiger partial charge >= 0.3 is 6.09 Å². The average molecular weight is 344 g/mol. The minimum atomic E-state index is -1.000. The Bertz CT molecular complexity index is 425. The number of hydrogen-bond donors (Lipinski definition) is 3. The number of ether oxygens (including phenoxy) is 3. The van der Waals surface area contributed by atoms with Gasteiger partial charge in [-0.1, -0.05) is 13.8 Å². The largest absolute Gasteiger partial charge is 0.447 e. The molecule has 2 heterocycles. The van der Waals surface area contributed by atoms with Crippen LogP contribution in [0.5, 0.6) is 0 Å². The first-order valence-corrected chi connectivity index (χ1v) is 8.60. The molecule has 0 bridgehead atoms. The second-order valence-corrected chi connectivity index (χ2v) is 6.73. The highest BCUT2D eigenvalue weighted by atomic mass is 16.6. The molecule has 138 valence electrons. The lowest BCUT2D eigenvalue weighted by atomic mass is 10.0. The Morgan fingerprint density at radius 3 is 2.62 bits per heavy atom. The zero-order valence-electron chi connectivity index (χ0n) is 14.3. The Morgan fingerprint density at radius 1 is 1.25 bits per heavy atom. The smallest absolute Gasteiger partial charge is 0.407 e. The van der Waals surface area contributed by atoms with Crippen molar-refractivity contribution in [3.63, 3.8) is 0 Å². The predicted molar refractivity (Wildman–Crippen MR) is 85.2 cm³/mol. The van der Waals surface area contributed by atoms with Crippen molar-refractivity contribution in [1.29, 1.82) is 0 Å². The summed E-state index contributed by atoms with van der Waals surface area (Å²) < 4.78 is 15.6. The van der Waals surface area contributed by atoms with Gasteiger partial charge in [0.15, 0.2) is 6.29 Å². The van der Waals surface area contributed by atoms with Crippen molar-refractivity contribution in [1.82, 2.24) is 10.6 Å². The zero-order chi connectivity index (χ0) is 17.5. The third kappa shape index (κ3) is 5.92. The quantitative estimate of drug-likeness (QED) is 0.622. The van der Waals surface area contributed by atoms with Crippen LogP contribution in [0.3, 0.4) is 0 Å². The zero-order valence-corrected chi connectivity index (χ0v) is 14.3. The molecule has 0 spiro atoms. The Morgan fingerprint density at radius 2 is 2.04 bits per heavy atom. The Kier molecular flexibility index (Phi) is 7.26. The van der Waals surface area contributed by atoms with Crippen molar-refractivity contribution >= 4 is 12.0 Å². The molecule has 0 saturated carbocycles. The van der Waals surface area contributed by atoms with Crippen LogP contribution in [0.25, 0.3) is 0 Å². The maximum Gasteiger partial charge on any atom is 0.407 e. The van der Waals surface area contributed by atoms with E-state index in [2.05, 4.69) is 10.6 Å². The maximum atomic E-state index is 12.4. The number of carbonyl (C=O) groups excluding carboxylic acids is 2. The summed E-state index contributed by atoms with van der Waals surface area (Å²) in [6.45, 7) is 5.22. The van der Waals surface area contributed by atoms with Crippen molar-refractivity contribution in [2.24, 2.45) is 5.92 Å². The van der Waals surface area contributed by atoms with Crippen LogP contribution < -0.4 is 10.6 Å². The van der Waals surface area contributed by atoms with Gasteiger partial charge in [0, 0.05) is 6.61 Å². The molecule has 2 saturated heterocycles. The standard InChI is InChI=1S/C16H28N2O6/c1-10(2)8-13(14(19)17-12-5-7-23-15(12)20)18-16(21)24-9-11-4-3-6-22-11/h10-13,15,20H,3-9H2,1-2H3,(H,17,19)(H,18,21). The van der Waals surface area contributed by atoms with E-state index >= 15 is 0 Å². The minimum absolute atomic E-state index is 0.0566. The van der Waals surface area contributed by atoms with Crippen LogP contribution in [0.1, 0.15) is 39.5 Å². The first kappa shape index (κ1) is 19.0. The Labute approximate surface area is 142 Å². The molecule has 2 aliphatic heterocycles. The summed E-state index contributed by atoms with van der Waals surface area (Å²) in [6.07, 6.45) is 1.19. The fraction of sp³-hybridized carbons (Fsp3) is 0.875.